The second-order valence-corrected chi connectivity index (χ2v) is 5.33. The first kappa shape index (κ1) is 15.6. The Morgan fingerprint density at radius 3 is 2.57 bits per heavy atom. The Balaban J connectivity index is 2.32. The number of hydrogen-bond acceptors (Lipinski definition) is 3. The highest BCUT2D eigenvalue weighted by molar-refractivity contribution is 5.95. The van der Waals surface area contributed by atoms with E-state index in [1.54, 1.807) is 0 Å². The summed E-state index contributed by atoms with van der Waals surface area (Å²) in [4.78, 5) is 14.8. The van der Waals surface area contributed by atoms with Crippen molar-refractivity contribution in [3.05, 3.63) is 23.4 Å². The lowest BCUT2D eigenvalue weighted by Crippen LogP contribution is -2.30. The van der Waals surface area contributed by atoms with Gasteiger partial charge in [-0.1, -0.05) is 13.3 Å². The fourth-order valence-electron chi connectivity index (χ4n) is 2.48. The molecule has 2 rings (SSSR count). The zero-order valence-electron chi connectivity index (χ0n) is 11.6. The normalized spacial score (nSPS) is 22.9. The summed E-state index contributed by atoms with van der Waals surface area (Å²) in [6.07, 6.45) is -1.15. The van der Waals surface area contributed by atoms with Crippen LogP contribution >= 0.6 is 0 Å². The third kappa shape index (κ3) is 3.65. The molecule has 2 unspecified atom stereocenters. The van der Waals surface area contributed by atoms with Gasteiger partial charge in [0, 0.05) is 0 Å². The van der Waals surface area contributed by atoms with E-state index in [1.165, 1.54) is 0 Å². The van der Waals surface area contributed by atoms with E-state index in [1.807, 2.05) is 6.92 Å². The molecule has 0 bridgehead atoms. The third-order valence-corrected chi connectivity index (χ3v) is 3.71. The minimum Gasteiger partial charge on any atom is -0.473 e. The molecular formula is C14H17F3N2O2. The van der Waals surface area contributed by atoms with Crippen LogP contribution in [0.5, 0.6) is 5.88 Å². The molecule has 0 saturated heterocycles. The number of nitrogens with zero attached hydrogens (tertiary/aromatic N) is 1. The number of ether oxygens (including phenoxy) is 1. The number of hydrogen-bond donors (Lipinski definition) is 1. The number of primary amides is 1. The molecule has 1 aromatic rings. The van der Waals surface area contributed by atoms with Crippen molar-refractivity contribution in [1.29, 1.82) is 0 Å². The standard InChI is InChI=1S/C14H17F3N2O2/c1-8-4-2-3-5-10(8)21-13-9(12(18)20)6-7-11(19-13)14(15,16)17/h6-8,10H,2-5H2,1H3,(H2,18,20). The van der Waals surface area contributed by atoms with Crippen LogP contribution in [0.15, 0.2) is 12.1 Å². The molecule has 1 aliphatic carbocycles. The van der Waals surface area contributed by atoms with Gasteiger partial charge in [-0.2, -0.15) is 13.2 Å². The molecule has 116 valence electrons. The zero-order valence-corrected chi connectivity index (χ0v) is 11.6. The molecule has 1 aromatic heterocycles. The van der Waals surface area contributed by atoms with Gasteiger partial charge in [-0.05, 0) is 37.3 Å². The monoisotopic (exact) mass is 302 g/mol. The number of alkyl halides is 3. The second-order valence-electron chi connectivity index (χ2n) is 5.33. The Hall–Kier alpha value is -1.79. The molecule has 4 nitrogen and oxygen atoms in total. The molecule has 0 radical (unpaired) electrons. The average Bonchev–Trinajstić information content (AvgIpc) is 2.40. The molecule has 0 spiro atoms. The van der Waals surface area contributed by atoms with Gasteiger partial charge in [-0.3, -0.25) is 4.79 Å². The van der Waals surface area contributed by atoms with Crippen molar-refractivity contribution in [3.63, 3.8) is 0 Å². The van der Waals surface area contributed by atoms with Crippen molar-refractivity contribution in [1.82, 2.24) is 4.98 Å². The number of amides is 1. The molecule has 2 N–H and O–H groups in total. The Labute approximate surface area is 120 Å². The number of carbonyl (C=O) groups is 1. The van der Waals surface area contributed by atoms with E-state index in [0.717, 1.165) is 37.8 Å². The summed E-state index contributed by atoms with van der Waals surface area (Å²) in [6, 6.07) is 1.75. The number of rotatable bonds is 3. The third-order valence-electron chi connectivity index (χ3n) is 3.71. The Bertz CT molecular complexity index is 531. The van der Waals surface area contributed by atoms with Crippen LogP contribution in [0.25, 0.3) is 0 Å². The van der Waals surface area contributed by atoms with Crippen LogP contribution in [0.3, 0.4) is 0 Å². The summed E-state index contributed by atoms with van der Waals surface area (Å²) in [6.45, 7) is 1.97. The summed E-state index contributed by atoms with van der Waals surface area (Å²) in [5, 5.41) is 0. The smallest absolute Gasteiger partial charge is 0.433 e. The van der Waals surface area contributed by atoms with Crippen LogP contribution in [0.4, 0.5) is 13.2 Å². The summed E-state index contributed by atoms with van der Waals surface area (Å²) >= 11 is 0. The molecule has 1 fully saturated rings. The fourth-order valence-corrected chi connectivity index (χ4v) is 2.48. The molecule has 1 heterocycles. The first-order valence-electron chi connectivity index (χ1n) is 6.83. The van der Waals surface area contributed by atoms with Gasteiger partial charge in [-0.25, -0.2) is 4.98 Å². The van der Waals surface area contributed by atoms with Gasteiger partial charge in [0.05, 0.1) is 0 Å². The van der Waals surface area contributed by atoms with E-state index in [4.69, 9.17) is 10.5 Å². The van der Waals surface area contributed by atoms with Gasteiger partial charge in [0.2, 0.25) is 5.88 Å². The highest BCUT2D eigenvalue weighted by Crippen LogP contribution is 2.32. The lowest BCUT2D eigenvalue weighted by Gasteiger charge is -2.29. The van der Waals surface area contributed by atoms with Crippen LogP contribution in [-0.4, -0.2) is 17.0 Å². The molecule has 2 atom stereocenters. The van der Waals surface area contributed by atoms with Gasteiger partial charge < -0.3 is 10.5 Å². The summed E-state index contributed by atoms with van der Waals surface area (Å²) < 4.78 is 43.7. The maximum atomic E-state index is 12.7. The maximum Gasteiger partial charge on any atom is 0.433 e. The van der Waals surface area contributed by atoms with Gasteiger partial charge in [-0.15, -0.1) is 0 Å². The van der Waals surface area contributed by atoms with Crippen molar-refractivity contribution in [2.45, 2.75) is 44.9 Å². The largest absolute Gasteiger partial charge is 0.473 e. The van der Waals surface area contributed by atoms with Crippen LogP contribution in [-0.2, 0) is 6.18 Å². The predicted molar refractivity (Wildman–Crippen MR) is 69.8 cm³/mol. The molecule has 0 aliphatic heterocycles. The highest BCUT2D eigenvalue weighted by Gasteiger charge is 2.34. The Morgan fingerprint density at radius 2 is 2.00 bits per heavy atom. The van der Waals surface area contributed by atoms with Crippen LogP contribution in [0.1, 0.15) is 48.7 Å². The van der Waals surface area contributed by atoms with Crippen molar-refractivity contribution in [3.8, 4) is 5.88 Å². The molecule has 0 aromatic carbocycles. The second kappa shape index (κ2) is 5.91. The van der Waals surface area contributed by atoms with E-state index in [0.29, 0.717) is 0 Å². The van der Waals surface area contributed by atoms with Crippen molar-refractivity contribution < 1.29 is 22.7 Å². The quantitative estimate of drug-likeness (QED) is 0.932. The van der Waals surface area contributed by atoms with Crippen molar-refractivity contribution in [2.24, 2.45) is 11.7 Å². The number of carbonyl (C=O) groups excluding carboxylic acids is 1. The van der Waals surface area contributed by atoms with E-state index in [9.17, 15) is 18.0 Å². The summed E-state index contributed by atoms with van der Waals surface area (Å²) in [5.41, 5.74) is 3.96. The average molecular weight is 302 g/mol. The van der Waals surface area contributed by atoms with Crippen molar-refractivity contribution in [2.75, 3.05) is 0 Å². The molecule has 1 aliphatic rings. The summed E-state index contributed by atoms with van der Waals surface area (Å²) in [7, 11) is 0. The minimum atomic E-state index is -4.59. The van der Waals surface area contributed by atoms with E-state index in [2.05, 4.69) is 4.98 Å². The van der Waals surface area contributed by atoms with E-state index >= 15 is 0 Å². The van der Waals surface area contributed by atoms with Gasteiger partial charge in [0.1, 0.15) is 17.4 Å². The molecule has 21 heavy (non-hydrogen) atoms. The number of pyridine rings is 1. The lowest BCUT2D eigenvalue weighted by atomic mass is 9.88. The Morgan fingerprint density at radius 1 is 1.33 bits per heavy atom. The fraction of sp³-hybridized carbons (Fsp3) is 0.571. The van der Waals surface area contributed by atoms with Gasteiger partial charge in [0.25, 0.3) is 5.91 Å². The van der Waals surface area contributed by atoms with Crippen LogP contribution < -0.4 is 10.5 Å². The topological polar surface area (TPSA) is 65.2 Å². The molecule has 7 heteroatoms. The first-order chi connectivity index (χ1) is 9.79. The molecular weight excluding hydrogens is 285 g/mol. The van der Waals surface area contributed by atoms with Crippen molar-refractivity contribution >= 4 is 5.91 Å². The first-order valence-corrected chi connectivity index (χ1v) is 6.83. The summed E-state index contributed by atoms with van der Waals surface area (Å²) in [5.74, 6) is -0.971. The predicted octanol–water partition coefficient (Wildman–Crippen LogP) is 3.16. The Kier molecular flexibility index (Phi) is 4.39. The number of nitrogens with two attached hydrogens (primary N) is 1. The maximum absolute atomic E-state index is 12.7. The zero-order chi connectivity index (χ0) is 15.6. The van der Waals surface area contributed by atoms with Crippen LogP contribution in [0.2, 0.25) is 0 Å². The van der Waals surface area contributed by atoms with E-state index < -0.39 is 17.8 Å². The van der Waals surface area contributed by atoms with E-state index in [-0.39, 0.29) is 23.5 Å². The van der Waals surface area contributed by atoms with Gasteiger partial charge >= 0.3 is 6.18 Å². The van der Waals surface area contributed by atoms with Crippen LogP contribution in [0, 0.1) is 5.92 Å². The number of halogens is 3. The highest BCUT2D eigenvalue weighted by atomic mass is 19.4. The number of aromatic nitrogens is 1. The molecule has 1 saturated carbocycles. The lowest BCUT2D eigenvalue weighted by molar-refractivity contribution is -0.141. The minimum absolute atomic E-state index is 0.124. The SMILES string of the molecule is CC1CCCCC1Oc1nc(C(F)(F)F)ccc1C(N)=O. The molecule has 1 amide bonds. The van der Waals surface area contributed by atoms with Gasteiger partial charge in [0.15, 0.2) is 0 Å².